The quantitative estimate of drug-likeness (QED) is 0.118. The molecule has 4 aromatic carbocycles. The number of ether oxygens (including phenoxy) is 3. The average Bonchev–Trinajstić information content (AvgIpc) is 3.37. The molecule has 0 saturated carbocycles. The van der Waals surface area contributed by atoms with E-state index in [0.29, 0.717) is 11.5 Å². The molecule has 5 rings (SSSR count). The van der Waals surface area contributed by atoms with E-state index in [1.807, 2.05) is 72.8 Å². The van der Waals surface area contributed by atoms with Crippen molar-refractivity contribution in [1.82, 2.24) is 0 Å². The van der Waals surface area contributed by atoms with Crippen LogP contribution in [0.15, 0.2) is 121 Å². The van der Waals surface area contributed by atoms with Gasteiger partial charge in [-0.05, 0) is 0 Å². The van der Waals surface area contributed by atoms with E-state index in [1.54, 1.807) is 0 Å². The first-order valence-corrected chi connectivity index (χ1v) is 15.8. The van der Waals surface area contributed by atoms with E-state index in [-0.39, 0.29) is 25.2 Å². The van der Waals surface area contributed by atoms with E-state index in [1.165, 1.54) is 5.01 Å². The summed E-state index contributed by atoms with van der Waals surface area (Å²) in [6.45, 7) is 6.65. The van der Waals surface area contributed by atoms with E-state index in [4.69, 9.17) is 14.2 Å². The van der Waals surface area contributed by atoms with Gasteiger partial charge in [0, 0.05) is 6.08 Å². The second-order valence-electron chi connectivity index (χ2n) is 10.2. The molecule has 4 aromatic rings. The molecule has 2 N–H and O–H groups in total. The molecule has 2 atom stereocenters. The van der Waals surface area contributed by atoms with Gasteiger partial charge in [-0.15, -0.1) is 0 Å². The third-order valence-corrected chi connectivity index (χ3v) is 8.82. The van der Waals surface area contributed by atoms with Crippen molar-refractivity contribution in [1.29, 1.82) is 0 Å². The summed E-state index contributed by atoms with van der Waals surface area (Å²) >= 11 is -1.64. The van der Waals surface area contributed by atoms with Crippen molar-refractivity contribution >= 4 is 5.97 Å². The first kappa shape index (κ1) is 31.1. The molecule has 0 aliphatic heterocycles. The predicted octanol–water partition coefficient (Wildman–Crippen LogP) is 5.78. The Labute approximate surface area is 261 Å². The SMILES string of the molecule is C=CC(=O)OCC(O)COc1ccc(C2(c3ccc(OCC(O)[CH2][Co](=[O])[CH]=C)cc3)c3ccccc3-c3ccccc32)cc1. The Kier molecular flexibility index (Phi) is 9.87. The Hall–Kier alpha value is -4.34. The molecule has 0 heterocycles. The summed E-state index contributed by atoms with van der Waals surface area (Å²) in [7, 11) is 0. The number of hydrogen-bond donors (Lipinski definition) is 2. The van der Waals surface area contributed by atoms with Crippen LogP contribution >= 0.6 is 0 Å². The average molecular weight is 638 g/mol. The van der Waals surface area contributed by atoms with Crippen molar-refractivity contribution in [2.45, 2.75) is 23.0 Å². The normalized spacial score (nSPS) is 14.4. The zero-order valence-electron chi connectivity index (χ0n) is 24.1. The Morgan fingerprint density at radius 2 is 1.20 bits per heavy atom. The van der Waals surface area contributed by atoms with Crippen LogP contribution in [0.4, 0.5) is 0 Å². The van der Waals surface area contributed by atoms with Crippen molar-refractivity contribution in [2.75, 3.05) is 19.8 Å². The van der Waals surface area contributed by atoms with Crippen molar-refractivity contribution in [3.05, 3.63) is 144 Å². The van der Waals surface area contributed by atoms with Crippen molar-refractivity contribution < 1.29 is 46.7 Å². The molecular formula is C36H34CoO7. The van der Waals surface area contributed by atoms with E-state index in [0.717, 1.165) is 39.5 Å². The summed E-state index contributed by atoms with van der Waals surface area (Å²) in [6.07, 6.45) is -0.799. The van der Waals surface area contributed by atoms with E-state index in [9.17, 15) is 18.9 Å². The molecule has 0 aromatic heterocycles. The summed E-state index contributed by atoms with van der Waals surface area (Å²) in [6, 6.07) is 32.4. The molecule has 0 bridgehead atoms. The van der Waals surface area contributed by atoms with Gasteiger partial charge in [-0.1, -0.05) is 18.7 Å². The Morgan fingerprint density at radius 3 is 1.68 bits per heavy atom. The predicted molar refractivity (Wildman–Crippen MR) is 164 cm³/mol. The Bertz CT molecular complexity index is 1600. The number of esters is 1. The van der Waals surface area contributed by atoms with Crippen LogP contribution in [-0.2, 0) is 32.4 Å². The first-order valence-electron chi connectivity index (χ1n) is 14.0. The van der Waals surface area contributed by atoms with E-state index >= 15 is 0 Å². The zero-order valence-corrected chi connectivity index (χ0v) is 25.1. The van der Waals surface area contributed by atoms with Gasteiger partial charge in [0.05, 0.1) is 0 Å². The van der Waals surface area contributed by atoms with Crippen LogP contribution in [0, 0.1) is 0 Å². The number of carbonyl (C=O) groups excluding carboxylic acids is 1. The third kappa shape index (κ3) is 6.44. The first-order chi connectivity index (χ1) is 21.4. The van der Waals surface area contributed by atoms with Crippen molar-refractivity contribution in [3.63, 3.8) is 0 Å². The van der Waals surface area contributed by atoms with Crippen molar-refractivity contribution in [2.24, 2.45) is 0 Å². The van der Waals surface area contributed by atoms with Gasteiger partial charge in [-0.3, -0.25) is 0 Å². The molecule has 0 spiro atoms. The standard InChI is InChI=1S/C34H31O6.C2H3.Co.O/c1-3-33(37)40-22-26(36)21-39-28-18-14-25(15-19-28)34(24-12-16-27(17-13-24)38-20-23(2)35)31-10-6-4-8-29(31)30-9-5-7-11-32(30)34;1-2;;/h3-19,23,26,35-36H,1-2,20-22H2;1H,2H2;;. The Morgan fingerprint density at radius 1 is 0.727 bits per heavy atom. The van der Waals surface area contributed by atoms with Crippen LogP contribution in [0.25, 0.3) is 11.1 Å². The van der Waals surface area contributed by atoms with Crippen LogP contribution < -0.4 is 9.47 Å². The minimum atomic E-state index is -1.64. The van der Waals surface area contributed by atoms with Crippen LogP contribution in [-0.4, -0.2) is 48.2 Å². The molecule has 0 radical (unpaired) electrons. The fraction of sp³-hybridized carbons (Fsp3) is 0.194. The monoisotopic (exact) mass is 637 g/mol. The summed E-state index contributed by atoms with van der Waals surface area (Å²) in [5.41, 5.74) is 6.02. The topological polar surface area (TPSA) is 102 Å². The molecule has 229 valence electrons. The van der Waals surface area contributed by atoms with Gasteiger partial charge in [0.1, 0.15) is 25.1 Å². The molecule has 44 heavy (non-hydrogen) atoms. The van der Waals surface area contributed by atoms with Crippen LogP contribution in [0.1, 0.15) is 22.3 Å². The zero-order chi connectivity index (χ0) is 31.1. The maximum atomic E-state index is 11.7. The summed E-state index contributed by atoms with van der Waals surface area (Å²) in [4.78, 5) is 11.3. The fourth-order valence-corrected chi connectivity index (χ4v) is 6.33. The van der Waals surface area contributed by atoms with E-state index in [2.05, 4.69) is 37.4 Å². The van der Waals surface area contributed by atoms with Gasteiger partial charge >= 0.3 is 192 Å². The summed E-state index contributed by atoms with van der Waals surface area (Å²) in [5.74, 6) is 0.560. The molecular weight excluding hydrogens is 603 g/mol. The second-order valence-corrected chi connectivity index (χ2v) is 12.1. The molecule has 8 heteroatoms. The van der Waals surface area contributed by atoms with Crippen LogP contribution in [0.5, 0.6) is 11.5 Å². The number of rotatable bonds is 14. The van der Waals surface area contributed by atoms with Gasteiger partial charge in [0.25, 0.3) is 0 Å². The fourth-order valence-electron chi connectivity index (χ4n) is 5.55. The maximum absolute atomic E-state index is 11.7. The minimum absolute atomic E-state index is 0.0251. The Balaban J connectivity index is 1.46. The number of benzene rings is 4. The van der Waals surface area contributed by atoms with Gasteiger partial charge in [0.15, 0.2) is 0 Å². The van der Waals surface area contributed by atoms with Gasteiger partial charge in [-0.2, -0.15) is 0 Å². The molecule has 2 unspecified atom stereocenters. The second kappa shape index (κ2) is 14.0. The number of aliphatic hydroxyl groups excluding tert-OH is 2. The van der Waals surface area contributed by atoms with Crippen LogP contribution in [0.3, 0.4) is 0 Å². The molecule has 0 amide bonds. The summed E-state index contributed by atoms with van der Waals surface area (Å²) < 4.78 is 28.2. The molecule has 0 saturated heterocycles. The molecule has 7 nitrogen and oxygen atoms in total. The number of hydrogen-bond acceptors (Lipinski definition) is 7. The van der Waals surface area contributed by atoms with Gasteiger partial charge in [-0.25, -0.2) is 4.79 Å². The molecule has 1 aliphatic rings. The van der Waals surface area contributed by atoms with Crippen molar-refractivity contribution in [3.8, 4) is 22.6 Å². The third-order valence-electron chi connectivity index (χ3n) is 7.44. The number of fused-ring (bicyclic) bond motifs is 3. The van der Waals surface area contributed by atoms with E-state index < -0.39 is 37.2 Å². The summed E-state index contributed by atoms with van der Waals surface area (Å²) in [5, 5.41) is 21.8. The van der Waals surface area contributed by atoms with Crippen LogP contribution in [0.2, 0.25) is 5.36 Å². The molecule has 0 fully saturated rings. The van der Waals surface area contributed by atoms with Gasteiger partial charge in [0.2, 0.25) is 0 Å². The van der Waals surface area contributed by atoms with Gasteiger partial charge < -0.3 is 14.6 Å². The molecule has 1 aliphatic carbocycles. The number of aliphatic hydroxyl groups is 2. The number of carbonyl (C=O) groups is 1.